The SMILES string of the molecule is CNCc1nc(Br)c(Br)n1C(C)C. The third-order valence-electron chi connectivity index (χ3n) is 1.74. The first-order valence-electron chi connectivity index (χ1n) is 4.14. The van der Waals surface area contributed by atoms with E-state index in [0.717, 1.165) is 21.6 Å². The van der Waals surface area contributed by atoms with Gasteiger partial charge in [-0.2, -0.15) is 0 Å². The predicted octanol–water partition coefficient (Wildman–Crippen LogP) is 2.71. The Morgan fingerprint density at radius 1 is 1.46 bits per heavy atom. The highest BCUT2D eigenvalue weighted by atomic mass is 79.9. The summed E-state index contributed by atoms with van der Waals surface area (Å²) in [5.74, 6) is 1.04. The number of nitrogens with one attached hydrogen (secondary N) is 1. The summed E-state index contributed by atoms with van der Waals surface area (Å²) in [4.78, 5) is 4.39. The van der Waals surface area contributed by atoms with Crippen molar-refractivity contribution >= 4 is 31.9 Å². The largest absolute Gasteiger partial charge is 0.318 e. The monoisotopic (exact) mass is 309 g/mol. The Labute approximate surface area is 95.2 Å². The number of rotatable bonds is 3. The third-order valence-corrected chi connectivity index (χ3v) is 3.58. The zero-order valence-electron chi connectivity index (χ0n) is 7.93. The van der Waals surface area contributed by atoms with Crippen LogP contribution in [0.3, 0.4) is 0 Å². The van der Waals surface area contributed by atoms with Crippen LogP contribution in [0.2, 0.25) is 0 Å². The molecule has 3 nitrogen and oxygen atoms in total. The molecule has 1 aromatic rings. The summed E-state index contributed by atoms with van der Waals surface area (Å²) in [6, 6.07) is 0.413. The van der Waals surface area contributed by atoms with Crippen molar-refractivity contribution in [3.05, 3.63) is 15.0 Å². The van der Waals surface area contributed by atoms with Crippen molar-refractivity contribution in [2.24, 2.45) is 0 Å². The molecule has 0 fully saturated rings. The van der Waals surface area contributed by atoms with Crippen LogP contribution in [0.15, 0.2) is 9.21 Å². The molecule has 5 heteroatoms. The van der Waals surface area contributed by atoms with Crippen molar-refractivity contribution < 1.29 is 0 Å². The minimum atomic E-state index is 0.413. The normalized spacial score (nSPS) is 11.2. The van der Waals surface area contributed by atoms with Gasteiger partial charge in [0.05, 0.1) is 6.54 Å². The molecule has 1 heterocycles. The summed E-state index contributed by atoms with van der Waals surface area (Å²) in [5, 5.41) is 3.09. The Balaban J connectivity index is 3.11. The lowest BCUT2D eigenvalue weighted by Gasteiger charge is -2.12. The van der Waals surface area contributed by atoms with Crippen LogP contribution in [0.5, 0.6) is 0 Å². The molecule has 0 aliphatic carbocycles. The highest BCUT2D eigenvalue weighted by Gasteiger charge is 2.14. The lowest BCUT2D eigenvalue weighted by atomic mass is 10.4. The van der Waals surface area contributed by atoms with Gasteiger partial charge in [-0.3, -0.25) is 0 Å². The van der Waals surface area contributed by atoms with Gasteiger partial charge in [-0.05, 0) is 52.8 Å². The summed E-state index contributed by atoms with van der Waals surface area (Å²) in [7, 11) is 1.92. The summed E-state index contributed by atoms with van der Waals surface area (Å²) in [5.41, 5.74) is 0. The van der Waals surface area contributed by atoms with Crippen molar-refractivity contribution in [3.63, 3.8) is 0 Å². The Morgan fingerprint density at radius 3 is 2.54 bits per heavy atom. The van der Waals surface area contributed by atoms with E-state index < -0.39 is 0 Å². The van der Waals surface area contributed by atoms with Gasteiger partial charge in [-0.1, -0.05) is 0 Å². The van der Waals surface area contributed by atoms with E-state index in [1.807, 2.05) is 7.05 Å². The molecule has 0 saturated heterocycles. The van der Waals surface area contributed by atoms with E-state index in [0.29, 0.717) is 6.04 Å². The lowest BCUT2D eigenvalue weighted by molar-refractivity contribution is 0.546. The number of halogens is 2. The molecule has 0 atom stereocenters. The fourth-order valence-corrected chi connectivity index (χ4v) is 2.33. The van der Waals surface area contributed by atoms with Gasteiger partial charge < -0.3 is 9.88 Å². The predicted molar refractivity (Wildman–Crippen MR) is 60.8 cm³/mol. The second-order valence-corrected chi connectivity index (χ2v) is 4.61. The van der Waals surface area contributed by atoms with Gasteiger partial charge in [0.2, 0.25) is 0 Å². The maximum atomic E-state index is 4.39. The lowest BCUT2D eigenvalue weighted by Crippen LogP contribution is -2.13. The Kier molecular flexibility index (Phi) is 3.94. The molecule has 1 N–H and O–H groups in total. The quantitative estimate of drug-likeness (QED) is 0.930. The number of imidazole rings is 1. The Morgan fingerprint density at radius 2 is 2.08 bits per heavy atom. The average molecular weight is 311 g/mol. The summed E-state index contributed by atoms with van der Waals surface area (Å²) in [6.45, 7) is 5.05. The van der Waals surface area contributed by atoms with Crippen LogP contribution in [0, 0.1) is 0 Å². The van der Waals surface area contributed by atoms with Crippen molar-refractivity contribution in [1.82, 2.24) is 14.9 Å². The zero-order chi connectivity index (χ0) is 10.0. The highest BCUT2D eigenvalue weighted by molar-refractivity contribution is 9.13. The van der Waals surface area contributed by atoms with Crippen LogP contribution < -0.4 is 5.32 Å². The van der Waals surface area contributed by atoms with Gasteiger partial charge in [0.15, 0.2) is 0 Å². The van der Waals surface area contributed by atoms with Crippen LogP contribution in [0.1, 0.15) is 25.7 Å². The van der Waals surface area contributed by atoms with Crippen molar-refractivity contribution in [3.8, 4) is 0 Å². The third kappa shape index (κ3) is 2.33. The van der Waals surface area contributed by atoms with E-state index in [-0.39, 0.29) is 0 Å². The van der Waals surface area contributed by atoms with E-state index in [2.05, 4.69) is 60.6 Å². The first kappa shape index (κ1) is 11.2. The molecule has 0 aliphatic rings. The fourth-order valence-electron chi connectivity index (χ4n) is 1.23. The Hall–Kier alpha value is 0.130. The number of nitrogens with zero attached hydrogens (tertiary/aromatic N) is 2. The van der Waals surface area contributed by atoms with E-state index in [1.165, 1.54) is 0 Å². The van der Waals surface area contributed by atoms with E-state index >= 15 is 0 Å². The number of hydrogen-bond donors (Lipinski definition) is 1. The van der Waals surface area contributed by atoms with Crippen LogP contribution in [0.4, 0.5) is 0 Å². The molecule has 0 saturated carbocycles. The number of hydrogen-bond acceptors (Lipinski definition) is 2. The smallest absolute Gasteiger partial charge is 0.139 e. The average Bonchev–Trinajstić information content (AvgIpc) is 2.28. The molecule has 0 amide bonds. The zero-order valence-corrected chi connectivity index (χ0v) is 11.1. The van der Waals surface area contributed by atoms with Gasteiger partial charge >= 0.3 is 0 Å². The number of aromatic nitrogens is 2. The molecule has 0 aromatic carbocycles. The van der Waals surface area contributed by atoms with Crippen molar-refractivity contribution in [2.75, 3.05) is 7.05 Å². The molecule has 0 unspecified atom stereocenters. The molecule has 1 rings (SSSR count). The highest BCUT2D eigenvalue weighted by Crippen LogP contribution is 2.27. The van der Waals surface area contributed by atoms with Crippen LogP contribution in [-0.2, 0) is 6.54 Å². The molecule has 0 bridgehead atoms. The topological polar surface area (TPSA) is 29.9 Å². The maximum Gasteiger partial charge on any atom is 0.139 e. The van der Waals surface area contributed by atoms with E-state index in [9.17, 15) is 0 Å². The molecular weight excluding hydrogens is 298 g/mol. The molecule has 0 aliphatic heterocycles. The Bertz CT molecular complexity index is 294. The molecule has 74 valence electrons. The first-order valence-corrected chi connectivity index (χ1v) is 5.73. The second-order valence-electron chi connectivity index (χ2n) is 3.10. The van der Waals surface area contributed by atoms with Crippen LogP contribution >= 0.6 is 31.9 Å². The minimum Gasteiger partial charge on any atom is -0.318 e. The standard InChI is InChI=1S/C8H13Br2N3/c1-5(2)13-6(4-11-3)12-7(9)8(13)10/h5,11H,4H2,1-3H3. The van der Waals surface area contributed by atoms with Crippen molar-refractivity contribution in [1.29, 1.82) is 0 Å². The summed E-state index contributed by atoms with van der Waals surface area (Å²) in [6.07, 6.45) is 0. The minimum absolute atomic E-state index is 0.413. The molecule has 1 aromatic heterocycles. The molecule has 0 spiro atoms. The fraction of sp³-hybridized carbons (Fsp3) is 0.625. The van der Waals surface area contributed by atoms with Gasteiger partial charge in [-0.15, -0.1) is 0 Å². The van der Waals surface area contributed by atoms with E-state index in [4.69, 9.17) is 0 Å². The van der Waals surface area contributed by atoms with Gasteiger partial charge in [0.25, 0.3) is 0 Å². The molecular formula is C8H13Br2N3. The van der Waals surface area contributed by atoms with Crippen molar-refractivity contribution in [2.45, 2.75) is 26.4 Å². The second kappa shape index (κ2) is 4.57. The van der Waals surface area contributed by atoms with Gasteiger partial charge in [0.1, 0.15) is 15.0 Å². The van der Waals surface area contributed by atoms with Gasteiger partial charge in [-0.25, -0.2) is 4.98 Å². The summed E-state index contributed by atoms with van der Waals surface area (Å²) >= 11 is 6.90. The maximum absolute atomic E-state index is 4.39. The molecule has 13 heavy (non-hydrogen) atoms. The van der Waals surface area contributed by atoms with Crippen LogP contribution in [0.25, 0.3) is 0 Å². The van der Waals surface area contributed by atoms with Gasteiger partial charge in [0, 0.05) is 6.04 Å². The van der Waals surface area contributed by atoms with Crippen LogP contribution in [-0.4, -0.2) is 16.6 Å². The van der Waals surface area contributed by atoms with E-state index in [1.54, 1.807) is 0 Å². The summed E-state index contributed by atoms with van der Waals surface area (Å²) < 4.78 is 4.03. The first-order chi connectivity index (χ1) is 6.07. The molecule has 0 radical (unpaired) electrons.